The highest BCUT2D eigenvalue weighted by atomic mass is 16.3. The van der Waals surface area contributed by atoms with Crippen LogP contribution in [0.1, 0.15) is 129 Å². The number of carbonyl (C=O) groups is 2. The Bertz CT molecular complexity index is 1160. The van der Waals surface area contributed by atoms with Crippen molar-refractivity contribution in [1.29, 1.82) is 0 Å². The zero-order valence-corrected chi connectivity index (χ0v) is 27.7. The minimum Gasteiger partial charge on any atom is -0.508 e. The zero-order valence-electron chi connectivity index (χ0n) is 27.7. The standard InChI is InChI=1S/C36H56N2O4/c1-34(2,3)27-22-25(14-17-30(27)39)15-18-31(40)37-20-12-10-11-13-21-38-32(41)19-16-26-23-28(35(4,5)6)33(42)29(24-26)36(7,8)9/h14,17,22-24,39,42H,10-13,15-16,18-21H2,1-9H3,(H,37,40)(H,38,41). The van der Waals surface area contributed by atoms with Crippen molar-refractivity contribution in [2.24, 2.45) is 0 Å². The van der Waals surface area contributed by atoms with Gasteiger partial charge in [-0.15, -0.1) is 0 Å². The zero-order chi connectivity index (χ0) is 31.7. The van der Waals surface area contributed by atoms with E-state index in [9.17, 15) is 19.8 Å². The summed E-state index contributed by atoms with van der Waals surface area (Å²) < 4.78 is 0. The lowest BCUT2D eigenvalue weighted by Crippen LogP contribution is -2.25. The molecule has 0 aliphatic heterocycles. The Morgan fingerprint density at radius 2 is 1.00 bits per heavy atom. The predicted octanol–water partition coefficient (Wildman–Crippen LogP) is 7.35. The van der Waals surface area contributed by atoms with E-state index in [0.717, 1.165) is 53.5 Å². The average molecular weight is 581 g/mol. The molecule has 0 radical (unpaired) electrons. The smallest absolute Gasteiger partial charge is 0.220 e. The number of nitrogens with one attached hydrogen (secondary N) is 2. The van der Waals surface area contributed by atoms with E-state index in [-0.39, 0.29) is 28.1 Å². The Hall–Kier alpha value is -3.02. The van der Waals surface area contributed by atoms with Crippen molar-refractivity contribution in [2.75, 3.05) is 13.1 Å². The number of aromatic hydroxyl groups is 2. The third-order valence-corrected chi connectivity index (χ3v) is 7.68. The van der Waals surface area contributed by atoms with Gasteiger partial charge in [-0.25, -0.2) is 0 Å². The molecular formula is C36H56N2O4. The van der Waals surface area contributed by atoms with E-state index in [1.807, 2.05) is 24.3 Å². The first-order valence-electron chi connectivity index (χ1n) is 15.6. The number of phenols is 2. The van der Waals surface area contributed by atoms with Gasteiger partial charge in [-0.05, 0) is 75.8 Å². The topological polar surface area (TPSA) is 98.7 Å². The molecule has 0 saturated carbocycles. The summed E-state index contributed by atoms with van der Waals surface area (Å²) in [6.45, 7) is 20.1. The molecule has 4 N–H and O–H groups in total. The maximum Gasteiger partial charge on any atom is 0.220 e. The van der Waals surface area contributed by atoms with Crippen LogP contribution in [0.2, 0.25) is 0 Å². The molecule has 0 aromatic heterocycles. The second kappa shape index (κ2) is 14.9. The first-order chi connectivity index (χ1) is 19.4. The van der Waals surface area contributed by atoms with Crippen molar-refractivity contribution in [1.82, 2.24) is 10.6 Å². The third-order valence-electron chi connectivity index (χ3n) is 7.68. The fourth-order valence-corrected chi connectivity index (χ4v) is 5.07. The van der Waals surface area contributed by atoms with Crippen molar-refractivity contribution in [3.63, 3.8) is 0 Å². The summed E-state index contributed by atoms with van der Waals surface area (Å²) in [4.78, 5) is 24.8. The minimum absolute atomic E-state index is 0.0468. The normalized spacial score (nSPS) is 12.3. The predicted molar refractivity (Wildman–Crippen MR) is 173 cm³/mol. The largest absolute Gasteiger partial charge is 0.508 e. The van der Waals surface area contributed by atoms with Crippen LogP contribution in [0.5, 0.6) is 11.5 Å². The van der Waals surface area contributed by atoms with Crippen molar-refractivity contribution < 1.29 is 19.8 Å². The van der Waals surface area contributed by atoms with Gasteiger partial charge in [0.2, 0.25) is 11.8 Å². The number of hydrogen-bond donors (Lipinski definition) is 4. The van der Waals surface area contributed by atoms with Gasteiger partial charge in [0.15, 0.2) is 0 Å². The lowest BCUT2D eigenvalue weighted by atomic mass is 9.78. The molecule has 42 heavy (non-hydrogen) atoms. The second-order valence-electron chi connectivity index (χ2n) is 14.8. The molecule has 0 unspecified atom stereocenters. The maximum absolute atomic E-state index is 12.5. The molecule has 0 aliphatic carbocycles. The summed E-state index contributed by atoms with van der Waals surface area (Å²) in [5.74, 6) is 0.763. The third kappa shape index (κ3) is 11.3. The molecule has 0 bridgehead atoms. The number of unbranched alkanes of at least 4 members (excludes halogenated alkanes) is 3. The van der Waals surface area contributed by atoms with Crippen LogP contribution in [-0.2, 0) is 38.7 Å². The van der Waals surface area contributed by atoms with E-state index >= 15 is 0 Å². The minimum atomic E-state index is -0.185. The van der Waals surface area contributed by atoms with E-state index in [0.29, 0.717) is 50.3 Å². The highest BCUT2D eigenvalue weighted by molar-refractivity contribution is 5.76. The highest BCUT2D eigenvalue weighted by Crippen LogP contribution is 2.40. The van der Waals surface area contributed by atoms with Crippen LogP contribution < -0.4 is 10.6 Å². The lowest BCUT2D eigenvalue weighted by Gasteiger charge is -2.28. The number of carbonyl (C=O) groups excluding carboxylic acids is 2. The number of amides is 2. The molecule has 0 saturated heterocycles. The summed E-state index contributed by atoms with van der Waals surface area (Å²) in [5, 5.41) is 27.1. The highest BCUT2D eigenvalue weighted by Gasteiger charge is 2.26. The summed E-state index contributed by atoms with van der Waals surface area (Å²) in [7, 11) is 0. The molecule has 0 spiro atoms. The Balaban J connectivity index is 1.64. The first kappa shape index (κ1) is 35.2. The van der Waals surface area contributed by atoms with Gasteiger partial charge >= 0.3 is 0 Å². The van der Waals surface area contributed by atoms with Crippen LogP contribution >= 0.6 is 0 Å². The van der Waals surface area contributed by atoms with Gasteiger partial charge in [0.25, 0.3) is 0 Å². The van der Waals surface area contributed by atoms with Crippen molar-refractivity contribution in [2.45, 2.75) is 130 Å². The van der Waals surface area contributed by atoms with E-state index < -0.39 is 0 Å². The summed E-state index contributed by atoms with van der Waals surface area (Å²) in [6, 6.07) is 9.70. The molecule has 0 fully saturated rings. The first-order valence-corrected chi connectivity index (χ1v) is 15.6. The lowest BCUT2D eigenvalue weighted by molar-refractivity contribution is -0.121. The summed E-state index contributed by atoms with van der Waals surface area (Å²) in [5.41, 5.74) is 4.37. The molecule has 0 aliphatic rings. The van der Waals surface area contributed by atoms with E-state index in [1.165, 1.54) is 0 Å². The molecule has 0 atom stereocenters. The maximum atomic E-state index is 12.5. The van der Waals surface area contributed by atoms with Gasteiger partial charge in [-0.3, -0.25) is 9.59 Å². The van der Waals surface area contributed by atoms with Crippen LogP contribution in [0.15, 0.2) is 30.3 Å². The molecule has 2 amide bonds. The molecule has 6 heteroatoms. The molecular weight excluding hydrogens is 524 g/mol. The van der Waals surface area contributed by atoms with Gasteiger partial charge in [-0.1, -0.05) is 99.4 Å². The second-order valence-corrected chi connectivity index (χ2v) is 14.8. The van der Waals surface area contributed by atoms with E-state index in [4.69, 9.17) is 0 Å². The number of benzene rings is 2. The van der Waals surface area contributed by atoms with Gasteiger partial charge in [-0.2, -0.15) is 0 Å². The Kier molecular flexibility index (Phi) is 12.5. The van der Waals surface area contributed by atoms with Gasteiger partial charge < -0.3 is 20.8 Å². The number of phenolic OH excluding ortho intramolecular Hbond substituents is 2. The van der Waals surface area contributed by atoms with Crippen LogP contribution in [0, 0.1) is 0 Å². The fourth-order valence-electron chi connectivity index (χ4n) is 5.07. The van der Waals surface area contributed by atoms with Crippen molar-refractivity contribution in [3.8, 4) is 11.5 Å². The fraction of sp³-hybridized carbons (Fsp3) is 0.611. The van der Waals surface area contributed by atoms with Crippen LogP contribution in [0.3, 0.4) is 0 Å². The number of hydrogen-bond acceptors (Lipinski definition) is 4. The van der Waals surface area contributed by atoms with E-state index in [1.54, 1.807) is 6.07 Å². The Morgan fingerprint density at radius 1 is 0.595 bits per heavy atom. The molecule has 6 nitrogen and oxygen atoms in total. The van der Waals surface area contributed by atoms with Crippen LogP contribution in [-0.4, -0.2) is 35.1 Å². The Labute approximate surface area is 254 Å². The summed E-state index contributed by atoms with van der Waals surface area (Å²) in [6.07, 6.45) is 5.98. The number of aryl methyl sites for hydroxylation is 2. The van der Waals surface area contributed by atoms with E-state index in [2.05, 4.69) is 72.9 Å². The Morgan fingerprint density at radius 3 is 1.43 bits per heavy atom. The van der Waals surface area contributed by atoms with Gasteiger partial charge in [0, 0.05) is 25.9 Å². The summed E-state index contributed by atoms with van der Waals surface area (Å²) >= 11 is 0. The molecule has 0 heterocycles. The molecule has 2 rings (SSSR count). The molecule has 2 aromatic carbocycles. The van der Waals surface area contributed by atoms with Crippen LogP contribution in [0.25, 0.3) is 0 Å². The monoisotopic (exact) mass is 580 g/mol. The van der Waals surface area contributed by atoms with Crippen molar-refractivity contribution >= 4 is 11.8 Å². The van der Waals surface area contributed by atoms with Crippen LogP contribution in [0.4, 0.5) is 0 Å². The average Bonchev–Trinajstić information content (AvgIpc) is 2.87. The van der Waals surface area contributed by atoms with Gasteiger partial charge in [0.1, 0.15) is 11.5 Å². The number of rotatable bonds is 13. The van der Waals surface area contributed by atoms with Crippen molar-refractivity contribution in [3.05, 3.63) is 58.1 Å². The molecule has 234 valence electrons. The van der Waals surface area contributed by atoms with Gasteiger partial charge in [0.05, 0.1) is 0 Å². The quantitative estimate of drug-likeness (QED) is 0.186. The SMILES string of the molecule is CC(C)(C)c1cc(CCC(=O)NCCCCCCNC(=O)CCc2cc(C(C)(C)C)c(O)c(C(C)(C)C)c2)ccc1O. The molecule has 2 aromatic rings.